The predicted octanol–water partition coefficient (Wildman–Crippen LogP) is 1.58. The van der Waals surface area contributed by atoms with Crippen LogP contribution < -0.4 is 0 Å². The molecule has 1 rings (SSSR count). The van der Waals surface area contributed by atoms with E-state index in [1.165, 1.54) is 0 Å². The minimum atomic E-state index is -0.288. The Morgan fingerprint density at radius 1 is 1.89 bits per heavy atom. The molecule has 0 aromatic rings. The monoisotopic (exact) mass is 127 g/mol. The number of nitrogens with zero attached hydrogens (tertiary/aromatic N) is 1. The molecule has 1 unspecified atom stereocenters. The molecule has 0 aromatic heterocycles. The molecule has 0 saturated carbocycles. The van der Waals surface area contributed by atoms with Crippen LogP contribution >= 0.6 is 0 Å². The van der Waals surface area contributed by atoms with E-state index in [4.69, 9.17) is 0 Å². The highest BCUT2D eigenvalue weighted by molar-refractivity contribution is 5.01. The molecule has 50 valence electrons. The van der Waals surface area contributed by atoms with E-state index in [0.717, 1.165) is 6.42 Å². The van der Waals surface area contributed by atoms with Crippen LogP contribution in [0.3, 0.4) is 0 Å². The summed E-state index contributed by atoms with van der Waals surface area (Å²) in [5.74, 6) is 0.408. The van der Waals surface area contributed by atoms with E-state index < -0.39 is 0 Å². The van der Waals surface area contributed by atoms with Gasteiger partial charge in [0.2, 0.25) is 5.70 Å². The van der Waals surface area contributed by atoms with E-state index in [-0.39, 0.29) is 4.92 Å². The fraction of sp³-hybridized carbons (Fsp3) is 0.667. The standard InChI is InChI=1S/C6H9NO2/c1-5-2-3-6(4-5)7(8)9/h4-5H,2-3H2,1H3. The van der Waals surface area contributed by atoms with Crippen molar-refractivity contribution in [2.75, 3.05) is 0 Å². The first-order chi connectivity index (χ1) is 4.20. The van der Waals surface area contributed by atoms with Crippen molar-refractivity contribution in [1.29, 1.82) is 0 Å². The molecule has 0 N–H and O–H groups in total. The topological polar surface area (TPSA) is 43.1 Å². The number of nitro groups is 1. The Morgan fingerprint density at radius 2 is 2.56 bits per heavy atom. The summed E-state index contributed by atoms with van der Waals surface area (Å²) >= 11 is 0. The lowest BCUT2D eigenvalue weighted by Crippen LogP contribution is -1.93. The van der Waals surface area contributed by atoms with Crippen molar-refractivity contribution in [1.82, 2.24) is 0 Å². The highest BCUT2D eigenvalue weighted by Crippen LogP contribution is 2.22. The van der Waals surface area contributed by atoms with Crippen LogP contribution in [0.5, 0.6) is 0 Å². The summed E-state index contributed by atoms with van der Waals surface area (Å²) in [5, 5.41) is 10.1. The number of rotatable bonds is 1. The van der Waals surface area contributed by atoms with Crippen molar-refractivity contribution in [3.05, 3.63) is 21.9 Å². The van der Waals surface area contributed by atoms with Crippen LogP contribution in [0.15, 0.2) is 11.8 Å². The van der Waals surface area contributed by atoms with Crippen molar-refractivity contribution in [2.24, 2.45) is 5.92 Å². The van der Waals surface area contributed by atoms with Gasteiger partial charge in [-0.15, -0.1) is 0 Å². The van der Waals surface area contributed by atoms with Crippen molar-refractivity contribution >= 4 is 0 Å². The van der Waals surface area contributed by atoms with E-state index in [0.29, 0.717) is 18.0 Å². The van der Waals surface area contributed by atoms with Gasteiger partial charge in [-0.25, -0.2) is 0 Å². The highest BCUT2D eigenvalue weighted by Gasteiger charge is 2.19. The van der Waals surface area contributed by atoms with Crippen LogP contribution in [-0.2, 0) is 0 Å². The van der Waals surface area contributed by atoms with Gasteiger partial charge < -0.3 is 0 Å². The quantitative estimate of drug-likeness (QED) is 0.396. The maximum atomic E-state index is 10.1. The van der Waals surface area contributed by atoms with Crippen molar-refractivity contribution in [3.63, 3.8) is 0 Å². The zero-order valence-corrected chi connectivity index (χ0v) is 5.33. The molecule has 3 heteroatoms. The first-order valence-electron chi connectivity index (χ1n) is 3.05. The molecule has 0 radical (unpaired) electrons. The molecular weight excluding hydrogens is 118 g/mol. The van der Waals surface area contributed by atoms with Gasteiger partial charge in [0.15, 0.2) is 0 Å². The second-order valence-corrected chi connectivity index (χ2v) is 2.43. The fourth-order valence-electron chi connectivity index (χ4n) is 1.02. The molecule has 1 atom stereocenters. The maximum Gasteiger partial charge on any atom is 0.242 e. The predicted molar refractivity (Wildman–Crippen MR) is 33.5 cm³/mol. The van der Waals surface area contributed by atoms with Crippen LogP contribution in [0.1, 0.15) is 19.8 Å². The molecule has 3 nitrogen and oxygen atoms in total. The molecule has 0 spiro atoms. The average Bonchev–Trinajstić information content (AvgIpc) is 2.14. The zero-order valence-electron chi connectivity index (χ0n) is 5.33. The van der Waals surface area contributed by atoms with Gasteiger partial charge in [0.1, 0.15) is 0 Å². The van der Waals surface area contributed by atoms with Crippen LogP contribution in [0.4, 0.5) is 0 Å². The summed E-state index contributed by atoms with van der Waals surface area (Å²) in [6, 6.07) is 0. The van der Waals surface area contributed by atoms with Crippen molar-refractivity contribution in [3.8, 4) is 0 Å². The van der Waals surface area contributed by atoms with E-state index in [9.17, 15) is 10.1 Å². The molecule has 0 saturated heterocycles. The molecule has 0 aliphatic heterocycles. The van der Waals surface area contributed by atoms with Crippen molar-refractivity contribution < 1.29 is 4.92 Å². The maximum absolute atomic E-state index is 10.1. The summed E-state index contributed by atoms with van der Waals surface area (Å²) in [6.07, 6.45) is 3.32. The highest BCUT2D eigenvalue weighted by atomic mass is 16.6. The summed E-state index contributed by atoms with van der Waals surface area (Å²) in [4.78, 5) is 9.80. The lowest BCUT2D eigenvalue weighted by Gasteiger charge is -1.87. The molecule has 0 aromatic carbocycles. The molecule has 0 amide bonds. The zero-order chi connectivity index (χ0) is 6.85. The van der Waals surface area contributed by atoms with Gasteiger partial charge in [-0.2, -0.15) is 0 Å². The van der Waals surface area contributed by atoms with Crippen molar-refractivity contribution in [2.45, 2.75) is 19.8 Å². The normalized spacial score (nSPS) is 25.9. The lowest BCUT2D eigenvalue weighted by atomic mass is 10.2. The molecule has 0 heterocycles. The molecule has 0 fully saturated rings. The average molecular weight is 127 g/mol. The minimum absolute atomic E-state index is 0.288. The van der Waals surface area contributed by atoms with Gasteiger partial charge in [0, 0.05) is 6.42 Å². The Kier molecular flexibility index (Phi) is 1.51. The summed E-state index contributed by atoms with van der Waals surface area (Å²) < 4.78 is 0. The Balaban J connectivity index is 2.62. The SMILES string of the molecule is CC1C=C([N+](=O)[O-])CC1. The Hall–Kier alpha value is -0.860. The van der Waals surface area contributed by atoms with Gasteiger partial charge in [0.25, 0.3) is 0 Å². The smallest absolute Gasteiger partial charge is 0.242 e. The van der Waals surface area contributed by atoms with Gasteiger partial charge in [-0.3, -0.25) is 10.1 Å². The largest absolute Gasteiger partial charge is 0.259 e. The lowest BCUT2D eigenvalue weighted by molar-refractivity contribution is -0.426. The number of allylic oxidation sites excluding steroid dienone is 2. The van der Waals surface area contributed by atoms with Crippen LogP contribution in [0, 0.1) is 16.0 Å². The molecule has 1 aliphatic carbocycles. The second-order valence-electron chi connectivity index (χ2n) is 2.43. The molecule has 9 heavy (non-hydrogen) atoms. The van der Waals surface area contributed by atoms with Crippen LogP contribution in [0.25, 0.3) is 0 Å². The molecule has 1 aliphatic rings. The van der Waals surface area contributed by atoms with Crippen LogP contribution in [0.2, 0.25) is 0 Å². The van der Waals surface area contributed by atoms with Crippen LogP contribution in [-0.4, -0.2) is 4.92 Å². The summed E-state index contributed by atoms with van der Waals surface area (Å²) in [5.41, 5.74) is 0.391. The third-order valence-corrected chi connectivity index (χ3v) is 1.57. The third kappa shape index (κ3) is 1.28. The van der Waals surface area contributed by atoms with E-state index >= 15 is 0 Å². The first kappa shape index (κ1) is 6.26. The Morgan fingerprint density at radius 3 is 2.78 bits per heavy atom. The Bertz CT molecular complexity index is 162. The Labute approximate surface area is 53.5 Å². The summed E-state index contributed by atoms with van der Waals surface area (Å²) in [6.45, 7) is 2.00. The molecule has 0 bridgehead atoms. The van der Waals surface area contributed by atoms with E-state index in [1.807, 2.05) is 6.92 Å². The van der Waals surface area contributed by atoms with Gasteiger partial charge in [-0.1, -0.05) is 6.92 Å². The fourth-order valence-corrected chi connectivity index (χ4v) is 1.02. The molecular formula is C6H9NO2. The number of hydrogen-bond donors (Lipinski definition) is 0. The van der Waals surface area contributed by atoms with E-state index in [1.54, 1.807) is 6.08 Å². The van der Waals surface area contributed by atoms with Gasteiger partial charge >= 0.3 is 0 Å². The number of hydrogen-bond acceptors (Lipinski definition) is 2. The van der Waals surface area contributed by atoms with Gasteiger partial charge in [-0.05, 0) is 18.4 Å². The van der Waals surface area contributed by atoms with Gasteiger partial charge in [0.05, 0.1) is 4.92 Å². The third-order valence-electron chi connectivity index (χ3n) is 1.57. The second kappa shape index (κ2) is 2.17. The first-order valence-corrected chi connectivity index (χ1v) is 3.05. The summed E-state index contributed by atoms with van der Waals surface area (Å²) in [7, 11) is 0. The van der Waals surface area contributed by atoms with E-state index in [2.05, 4.69) is 0 Å². The minimum Gasteiger partial charge on any atom is -0.259 e.